The van der Waals surface area contributed by atoms with E-state index in [1.54, 1.807) is 0 Å². The van der Waals surface area contributed by atoms with E-state index in [2.05, 4.69) is 31.0 Å². The number of likely N-dealkylation sites (tertiary alicyclic amines) is 1. The normalized spacial score (nSPS) is 27.5. The summed E-state index contributed by atoms with van der Waals surface area (Å²) >= 11 is 0. The first-order valence-electron chi connectivity index (χ1n) is 8.70. The van der Waals surface area contributed by atoms with E-state index in [4.69, 9.17) is 0 Å². The highest BCUT2D eigenvalue weighted by Gasteiger charge is 2.37. The molecule has 2 unspecified atom stereocenters. The molecule has 2 rings (SSSR count). The molecule has 1 saturated carbocycles. The van der Waals surface area contributed by atoms with Crippen LogP contribution >= 0.6 is 0 Å². The van der Waals surface area contributed by atoms with Gasteiger partial charge in [-0.05, 0) is 57.0 Å². The number of hydrogen-bond donors (Lipinski definition) is 1. The van der Waals surface area contributed by atoms with Crippen LogP contribution in [0.5, 0.6) is 0 Å². The van der Waals surface area contributed by atoms with E-state index in [1.807, 2.05) is 0 Å². The lowest BCUT2D eigenvalue weighted by Gasteiger charge is -2.38. The summed E-state index contributed by atoms with van der Waals surface area (Å²) in [6.07, 6.45) is 10.1. The molecule has 112 valence electrons. The molecule has 1 aliphatic heterocycles. The second kappa shape index (κ2) is 7.64. The van der Waals surface area contributed by atoms with Crippen LogP contribution < -0.4 is 5.32 Å². The number of rotatable bonds is 7. The van der Waals surface area contributed by atoms with Gasteiger partial charge in [0.2, 0.25) is 0 Å². The Morgan fingerprint density at radius 2 is 1.84 bits per heavy atom. The maximum Gasteiger partial charge on any atom is 0.0246 e. The molecule has 2 fully saturated rings. The second-order valence-corrected chi connectivity index (χ2v) is 7.01. The third-order valence-electron chi connectivity index (χ3n) is 5.26. The zero-order valence-corrected chi connectivity index (χ0v) is 13.3. The third kappa shape index (κ3) is 3.95. The van der Waals surface area contributed by atoms with Crippen molar-refractivity contribution in [3.8, 4) is 0 Å². The highest BCUT2D eigenvalue weighted by molar-refractivity contribution is 4.92. The average Bonchev–Trinajstić information content (AvgIpc) is 3.03. The smallest absolute Gasteiger partial charge is 0.0246 e. The van der Waals surface area contributed by atoms with Crippen LogP contribution in [0, 0.1) is 11.8 Å². The topological polar surface area (TPSA) is 15.3 Å². The molecular formula is C17H34N2. The fourth-order valence-corrected chi connectivity index (χ4v) is 4.24. The van der Waals surface area contributed by atoms with Crippen molar-refractivity contribution in [1.29, 1.82) is 0 Å². The van der Waals surface area contributed by atoms with Crippen molar-refractivity contribution in [2.45, 2.75) is 77.8 Å². The van der Waals surface area contributed by atoms with E-state index in [0.29, 0.717) is 0 Å². The van der Waals surface area contributed by atoms with Crippen molar-refractivity contribution in [1.82, 2.24) is 10.2 Å². The van der Waals surface area contributed by atoms with Gasteiger partial charge >= 0.3 is 0 Å². The molecule has 0 aromatic rings. The van der Waals surface area contributed by atoms with Crippen LogP contribution in [0.3, 0.4) is 0 Å². The van der Waals surface area contributed by atoms with Gasteiger partial charge in [-0.3, -0.25) is 4.90 Å². The molecule has 2 heteroatoms. The minimum Gasteiger partial charge on any atom is -0.315 e. The standard InChI is InChI=1S/C17H34N2/c1-4-11-18-13-17(14(2)3)19-12-7-10-16(19)15-8-5-6-9-15/h14-18H,4-13H2,1-3H3. The minimum absolute atomic E-state index is 0.750. The van der Waals surface area contributed by atoms with Crippen LogP contribution in [-0.4, -0.2) is 36.6 Å². The van der Waals surface area contributed by atoms with Crippen LogP contribution in [0.2, 0.25) is 0 Å². The molecule has 2 nitrogen and oxygen atoms in total. The Labute approximate surface area is 120 Å². The highest BCUT2D eigenvalue weighted by Crippen LogP contribution is 2.37. The van der Waals surface area contributed by atoms with E-state index in [1.165, 1.54) is 64.6 Å². The molecule has 0 spiro atoms. The van der Waals surface area contributed by atoms with Crippen LogP contribution in [0.25, 0.3) is 0 Å². The van der Waals surface area contributed by atoms with Crippen molar-refractivity contribution in [2.75, 3.05) is 19.6 Å². The second-order valence-electron chi connectivity index (χ2n) is 7.01. The van der Waals surface area contributed by atoms with E-state index in [-0.39, 0.29) is 0 Å². The van der Waals surface area contributed by atoms with Gasteiger partial charge in [0.1, 0.15) is 0 Å². The molecule has 2 aliphatic rings. The van der Waals surface area contributed by atoms with Crippen molar-refractivity contribution < 1.29 is 0 Å². The van der Waals surface area contributed by atoms with Crippen LogP contribution in [-0.2, 0) is 0 Å². The predicted molar refractivity (Wildman–Crippen MR) is 83.5 cm³/mol. The van der Waals surface area contributed by atoms with Gasteiger partial charge in [0.25, 0.3) is 0 Å². The summed E-state index contributed by atoms with van der Waals surface area (Å²) in [5.41, 5.74) is 0. The van der Waals surface area contributed by atoms with E-state index >= 15 is 0 Å². The fourth-order valence-electron chi connectivity index (χ4n) is 4.24. The summed E-state index contributed by atoms with van der Waals surface area (Å²) in [5, 5.41) is 3.66. The number of nitrogens with one attached hydrogen (secondary N) is 1. The monoisotopic (exact) mass is 266 g/mol. The molecule has 1 heterocycles. The molecule has 2 atom stereocenters. The van der Waals surface area contributed by atoms with Gasteiger partial charge in [0, 0.05) is 18.6 Å². The van der Waals surface area contributed by atoms with Gasteiger partial charge in [0.15, 0.2) is 0 Å². The SMILES string of the molecule is CCCNCC(C(C)C)N1CCCC1C1CCCC1. The lowest BCUT2D eigenvalue weighted by atomic mass is 9.93. The van der Waals surface area contributed by atoms with Crippen molar-refractivity contribution >= 4 is 0 Å². The molecule has 0 aromatic carbocycles. The van der Waals surface area contributed by atoms with Crippen LogP contribution in [0.15, 0.2) is 0 Å². The summed E-state index contributed by atoms with van der Waals surface area (Å²) in [7, 11) is 0. The van der Waals surface area contributed by atoms with Crippen molar-refractivity contribution in [3.63, 3.8) is 0 Å². The van der Waals surface area contributed by atoms with Gasteiger partial charge in [-0.2, -0.15) is 0 Å². The molecule has 0 bridgehead atoms. The van der Waals surface area contributed by atoms with Gasteiger partial charge in [-0.1, -0.05) is 33.6 Å². The van der Waals surface area contributed by atoms with Crippen LogP contribution in [0.4, 0.5) is 0 Å². The Balaban J connectivity index is 1.94. The molecule has 1 saturated heterocycles. The zero-order chi connectivity index (χ0) is 13.7. The summed E-state index contributed by atoms with van der Waals surface area (Å²) in [6.45, 7) is 10.8. The van der Waals surface area contributed by atoms with Crippen molar-refractivity contribution in [2.24, 2.45) is 11.8 Å². The predicted octanol–water partition coefficient (Wildman–Crippen LogP) is 3.67. The Bertz CT molecular complexity index is 246. The maximum absolute atomic E-state index is 3.66. The first kappa shape index (κ1) is 15.3. The Kier molecular flexibility index (Phi) is 6.15. The molecule has 19 heavy (non-hydrogen) atoms. The third-order valence-corrected chi connectivity index (χ3v) is 5.26. The Morgan fingerprint density at radius 1 is 1.11 bits per heavy atom. The molecule has 1 aliphatic carbocycles. The largest absolute Gasteiger partial charge is 0.315 e. The van der Waals surface area contributed by atoms with Gasteiger partial charge in [-0.15, -0.1) is 0 Å². The summed E-state index contributed by atoms with van der Waals surface area (Å²) in [5.74, 6) is 1.78. The van der Waals surface area contributed by atoms with Gasteiger partial charge in [0.05, 0.1) is 0 Å². The van der Waals surface area contributed by atoms with E-state index in [0.717, 1.165) is 23.9 Å². The number of nitrogens with zero attached hydrogens (tertiary/aromatic N) is 1. The van der Waals surface area contributed by atoms with Gasteiger partial charge < -0.3 is 5.32 Å². The summed E-state index contributed by atoms with van der Waals surface area (Å²) in [6, 6.07) is 1.65. The van der Waals surface area contributed by atoms with Crippen molar-refractivity contribution in [3.05, 3.63) is 0 Å². The average molecular weight is 266 g/mol. The fraction of sp³-hybridized carbons (Fsp3) is 1.00. The lowest BCUT2D eigenvalue weighted by Crippen LogP contribution is -2.49. The van der Waals surface area contributed by atoms with Gasteiger partial charge in [-0.25, -0.2) is 0 Å². The molecule has 0 amide bonds. The first-order chi connectivity index (χ1) is 9.24. The van der Waals surface area contributed by atoms with E-state index in [9.17, 15) is 0 Å². The molecule has 0 radical (unpaired) electrons. The maximum atomic E-state index is 3.66. The molecule has 1 N–H and O–H groups in total. The first-order valence-corrected chi connectivity index (χ1v) is 8.70. The van der Waals surface area contributed by atoms with Crippen LogP contribution in [0.1, 0.15) is 65.7 Å². The Morgan fingerprint density at radius 3 is 2.47 bits per heavy atom. The molecule has 0 aromatic heterocycles. The lowest BCUT2D eigenvalue weighted by molar-refractivity contribution is 0.103. The molecular weight excluding hydrogens is 232 g/mol. The van der Waals surface area contributed by atoms with E-state index < -0.39 is 0 Å². The highest BCUT2D eigenvalue weighted by atomic mass is 15.2. The Hall–Kier alpha value is -0.0800. The summed E-state index contributed by atoms with van der Waals surface area (Å²) < 4.78 is 0. The summed E-state index contributed by atoms with van der Waals surface area (Å²) in [4.78, 5) is 2.88. The quantitative estimate of drug-likeness (QED) is 0.707. The minimum atomic E-state index is 0.750. The zero-order valence-electron chi connectivity index (χ0n) is 13.3. The number of hydrogen-bond acceptors (Lipinski definition) is 2.